The van der Waals surface area contributed by atoms with Gasteiger partial charge in [-0.3, -0.25) is 0 Å². The summed E-state index contributed by atoms with van der Waals surface area (Å²) in [4.78, 5) is 4.61. The van der Waals surface area contributed by atoms with E-state index in [1.165, 1.54) is 12.1 Å². The molecule has 0 atom stereocenters. The van der Waals surface area contributed by atoms with Gasteiger partial charge in [0.25, 0.3) is 0 Å². The molecule has 3 rings (SSSR count). The molecule has 1 aliphatic rings. The van der Waals surface area contributed by atoms with Crippen LogP contribution in [0.5, 0.6) is 0 Å². The highest BCUT2D eigenvalue weighted by Gasteiger charge is 2.24. The summed E-state index contributed by atoms with van der Waals surface area (Å²) in [6, 6.07) is 12.4. The van der Waals surface area contributed by atoms with E-state index < -0.39 is 0 Å². The van der Waals surface area contributed by atoms with Crippen LogP contribution in [0.15, 0.2) is 42.5 Å². The van der Waals surface area contributed by atoms with Crippen molar-refractivity contribution >= 4 is 34.6 Å². The molecule has 33 heavy (non-hydrogen) atoms. The van der Waals surface area contributed by atoms with E-state index in [1.54, 1.807) is 12.1 Å². The largest absolute Gasteiger partial charge is 0.392 e. The van der Waals surface area contributed by atoms with Crippen molar-refractivity contribution in [2.75, 3.05) is 45.2 Å². The van der Waals surface area contributed by atoms with Crippen molar-refractivity contribution in [3.8, 4) is 0 Å². The predicted octanol–water partition coefficient (Wildman–Crippen LogP) is 4.71. The Hall–Kier alpha value is -1.77. The van der Waals surface area contributed by atoms with Gasteiger partial charge in [0.2, 0.25) is 0 Å². The normalized spacial score (nSPS) is 14.9. The van der Waals surface area contributed by atoms with Crippen LogP contribution in [0.1, 0.15) is 30.4 Å². The van der Waals surface area contributed by atoms with E-state index in [0.29, 0.717) is 22.8 Å². The first-order valence-corrected chi connectivity index (χ1v) is 12.2. The zero-order valence-corrected chi connectivity index (χ0v) is 20.7. The Kier molecular flexibility index (Phi) is 10.3. The van der Waals surface area contributed by atoms with Crippen LogP contribution in [0, 0.1) is 5.82 Å². The third-order valence-electron chi connectivity index (χ3n) is 6.12. The van der Waals surface area contributed by atoms with E-state index in [9.17, 15) is 9.50 Å². The van der Waals surface area contributed by atoms with Crippen molar-refractivity contribution in [3.63, 3.8) is 0 Å². The molecule has 180 valence electrons. The molecule has 0 aromatic heterocycles. The molecule has 0 aliphatic carbocycles. The number of ether oxygens (including phenoxy) is 1. The number of aliphatic hydroxyl groups excluding tert-OH is 1. The Morgan fingerprint density at radius 2 is 1.94 bits per heavy atom. The zero-order chi connectivity index (χ0) is 23.6. The van der Waals surface area contributed by atoms with Crippen LogP contribution in [-0.2, 0) is 17.8 Å². The number of thiocarbonyl (C=S) groups is 1. The predicted molar refractivity (Wildman–Crippen MR) is 136 cm³/mol. The second-order valence-electron chi connectivity index (χ2n) is 8.42. The minimum atomic E-state index is -0.204. The molecule has 0 spiro atoms. The smallest absolute Gasteiger partial charge is 0.173 e. The molecule has 0 radical (unpaired) electrons. The summed E-state index contributed by atoms with van der Waals surface area (Å²) in [7, 11) is 2.03. The number of rotatable bonds is 10. The van der Waals surface area contributed by atoms with E-state index in [2.05, 4.69) is 15.1 Å². The first-order chi connectivity index (χ1) is 16.0. The number of nitrogens with zero attached hydrogens (tertiary/aromatic N) is 2. The van der Waals surface area contributed by atoms with Crippen molar-refractivity contribution in [3.05, 3.63) is 64.4 Å². The first kappa shape index (κ1) is 25.8. The Labute approximate surface area is 206 Å². The molecule has 1 fully saturated rings. The van der Waals surface area contributed by atoms with Gasteiger partial charge in [0.15, 0.2) is 5.11 Å². The molecule has 8 heteroatoms. The Balaban J connectivity index is 1.31. The fourth-order valence-corrected chi connectivity index (χ4v) is 4.50. The van der Waals surface area contributed by atoms with Gasteiger partial charge in [0.05, 0.1) is 13.2 Å². The zero-order valence-electron chi connectivity index (χ0n) is 19.1. The van der Waals surface area contributed by atoms with Gasteiger partial charge in [0, 0.05) is 55.6 Å². The van der Waals surface area contributed by atoms with Gasteiger partial charge in [-0.25, -0.2) is 4.39 Å². The Morgan fingerprint density at radius 3 is 2.64 bits per heavy atom. The number of benzene rings is 2. The van der Waals surface area contributed by atoms with Gasteiger partial charge in [-0.1, -0.05) is 23.7 Å². The summed E-state index contributed by atoms with van der Waals surface area (Å²) in [5, 5.41) is 14.1. The summed E-state index contributed by atoms with van der Waals surface area (Å²) in [6.07, 6.45) is 3.92. The summed E-state index contributed by atoms with van der Waals surface area (Å²) in [5.74, 6) is -0.204. The lowest BCUT2D eigenvalue weighted by molar-refractivity contribution is 0.111. The van der Waals surface area contributed by atoms with Crippen LogP contribution in [0.3, 0.4) is 0 Å². The van der Waals surface area contributed by atoms with E-state index in [0.717, 1.165) is 68.7 Å². The standard InChI is InChI=1S/C25H33ClFN3O2S/c1-29(25(33)28-24-8-5-21(26)17-20(24)18-31)23-9-13-30(14-10-23)12-2-15-32-16-11-19-3-6-22(27)7-4-19/h3-8,17,23,31H,2,9-16,18H2,1H3,(H,28,33). The van der Waals surface area contributed by atoms with Gasteiger partial charge in [-0.2, -0.15) is 0 Å². The minimum Gasteiger partial charge on any atom is -0.392 e. The van der Waals surface area contributed by atoms with Gasteiger partial charge in [0.1, 0.15) is 5.82 Å². The highest BCUT2D eigenvalue weighted by atomic mass is 35.5. The number of piperidine rings is 1. The van der Waals surface area contributed by atoms with Crippen LogP contribution in [0.4, 0.5) is 10.1 Å². The molecule has 0 bridgehead atoms. The lowest BCUT2D eigenvalue weighted by Gasteiger charge is -2.38. The maximum Gasteiger partial charge on any atom is 0.173 e. The maximum atomic E-state index is 12.9. The molecule has 2 aromatic rings. The summed E-state index contributed by atoms with van der Waals surface area (Å²) in [6.45, 7) is 4.41. The van der Waals surface area contributed by atoms with Gasteiger partial charge in [-0.05, 0) is 73.8 Å². The topological polar surface area (TPSA) is 48.0 Å². The molecular formula is C25H33ClFN3O2S. The number of anilines is 1. The summed E-state index contributed by atoms with van der Waals surface area (Å²) >= 11 is 11.6. The third-order valence-corrected chi connectivity index (χ3v) is 6.74. The van der Waals surface area contributed by atoms with Crippen molar-refractivity contribution in [1.29, 1.82) is 0 Å². The molecule has 1 aliphatic heterocycles. The van der Waals surface area contributed by atoms with Crippen molar-refractivity contribution in [1.82, 2.24) is 9.80 Å². The van der Waals surface area contributed by atoms with Crippen LogP contribution in [-0.4, -0.2) is 66.0 Å². The molecular weight excluding hydrogens is 461 g/mol. The fourth-order valence-electron chi connectivity index (χ4n) is 4.05. The highest BCUT2D eigenvalue weighted by Crippen LogP contribution is 2.22. The molecule has 1 saturated heterocycles. The fraction of sp³-hybridized carbons (Fsp3) is 0.480. The summed E-state index contributed by atoms with van der Waals surface area (Å²) in [5.41, 5.74) is 2.61. The van der Waals surface area contributed by atoms with Crippen molar-refractivity contribution in [2.45, 2.75) is 38.3 Å². The van der Waals surface area contributed by atoms with Crippen LogP contribution in [0.2, 0.25) is 5.02 Å². The average Bonchev–Trinajstić information content (AvgIpc) is 2.83. The number of hydrogen-bond donors (Lipinski definition) is 2. The van der Waals surface area contributed by atoms with Gasteiger partial charge >= 0.3 is 0 Å². The monoisotopic (exact) mass is 493 g/mol. The molecule has 0 amide bonds. The quantitative estimate of drug-likeness (QED) is 0.369. The van der Waals surface area contributed by atoms with E-state index in [-0.39, 0.29) is 12.4 Å². The lowest BCUT2D eigenvalue weighted by atomic mass is 10.0. The SMILES string of the molecule is CN(C(=S)Nc1ccc(Cl)cc1CO)C1CCN(CCCOCCc2ccc(F)cc2)CC1. The molecule has 5 nitrogen and oxygen atoms in total. The number of nitrogens with one attached hydrogen (secondary N) is 1. The number of likely N-dealkylation sites (tertiary alicyclic amines) is 1. The van der Waals surface area contributed by atoms with E-state index >= 15 is 0 Å². The Bertz CT molecular complexity index is 892. The number of aliphatic hydroxyl groups is 1. The van der Waals surface area contributed by atoms with Crippen molar-refractivity contribution < 1.29 is 14.2 Å². The van der Waals surface area contributed by atoms with Crippen molar-refractivity contribution in [2.24, 2.45) is 0 Å². The third kappa shape index (κ3) is 8.19. The molecule has 2 N–H and O–H groups in total. The molecule has 2 aromatic carbocycles. The first-order valence-electron chi connectivity index (χ1n) is 11.4. The number of hydrogen-bond acceptors (Lipinski definition) is 4. The van der Waals surface area contributed by atoms with Gasteiger partial charge in [-0.15, -0.1) is 0 Å². The van der Waals surface area contributed by atoms with E-state index in [4.69, 9.17) is 28.6 Å². The number of halogens is 2. The highest BCUT2D eigenvalue weighted by molar-refractivity contribution is 7.80. The second kappa shape index (κ2) is 13.2. The van der Waals surface area contributed by atoms with Crippen LogP contribution < -0.4 is 5.32 Å². The summed E-state index contributed by atoms with van der Waals surface area (Å²) < 4.78 is 18.7. The van der Waals surface area contributed by atoms with Crippen LogP contribution >= 0.6 is 23.8 Å². The molecule has 0 unspecified atom stereocenters. The maximum absolute atomic E-state index is 12.9. The molecule has 1 heterocycles. The van der Waals surface area contributed by atoms with Gasteiger partial charge < -0.3 is 25.0 Å². The van der Waals surface area contributed by atoms with E-state index in [1.807, 2.05) is 25.2 Å². The second-order valence-corrected chi connectivity index (χ2v) is 9.24. The lowest BCUT2D eigenvalue weighted by Crippen LogP contribution is -2.47. The van der Waals surface area contributed by atoms with Crippen LogP contribution in [0.25, 0.3) is 0 Å². The Morgan fingerprint density at radius 1 is 1.21 bits per heavy atom. The minimum absolute atomic E-state index is 0.0937. The average molecular weight is 494 g/mol. The molecule has 0 saturated carbocycles.